The van der Waals surface area contributed by atoms with Crippen LogP contribution in [-0.2, 0) is 6.54 Å². The quantitative estimate of drug-likeness (QED) is 0.914. The van der Waals surface area contributed by atoms with Crippen molar-refractivity contribution in [3.05, 3.63) is 52.4 Å². The zero-order valence-electron chi connectivity index (χ0n) is 8.95. The molecule has 5 heteroatoms. The van der Waals surface area contributed by atoms with Crippen LogP contribution in [0.25, 0.3) is 0 Å². The van der Waals surface area contributed by atoms with E-state index >= 15 is 0 Å². The molecule has 0 aliphatic rings. The normalized spacial score (nSPS) is 10.3. The largest absolute Gasteiger partial charge is 0.338 e. The Morgan fingerprint density at radius 2 is 2.18 bits per heavy atom. The van der Waals surface area contributed by atoms with Crippen LogP contribution in [0.3, 0.4) is 0 Å². The van der Waals surface area contributed by atoms with Crippen molar-refractivity contribution < 1.29 is 4.39 Å². The average Bonchev–Trinajstić information content (AvgIpc) is 2.33. The third-order valence-electron chi connectivity index (χ3n) is 2.23. The number of aromatic nitrogens is 1. The van der Waals surface area contributed by atoms with Crippen molar-refractivity contribution in [2.45, 2.75) is 6.54 Å². The Balaban J connectivity index is 2.25. The van der Waals surface area contributed by atoms with E-state index < -0.39 is 5.82 Å². The summed E-state index contributed by atoms with van der Waals surface area (Å²) in [6, 6.07) is 8.84. The second-order valence-corrected chi connectivity index (χ2v) is 4.43. The van der Waals surface area contributed by atoms with E-state index in [4.69, 9.17) is 5.73 Å². The van der Waals surface area contributed by atoms with Gasteiger partial charge in [-0.2, -0.15) is 0 Å². The Hall–Kier alpha value is -1.46. The van der Waals surface area contributed by atoms with Crippen LogP contribution in [0.5, 0.6) is 0 Å². The zero-order chi connectivity index (χ0) is 12.3. The van der Waals surface area contributed by atoms with Crippen LogP contribution in [0.15, 0.2) is 41.0 Å². The van der Waals surface area contributed by atoms with Gasteiger partial charge in [0, 0.05) is 22.9 Å². The van der Waals surface area contributed by atoms with E-state index in [0.717, 1.165) is 11.3 Å². The number of rotatable bonds is 3. The molecule has 2 rings (SSSR count). The lowest BCUT2D eigenvalue weighted by atomic mass is 10.2. The SMILES string of the molecule is NCc1cccc(Nc2ncc(Br)cc2F)c1. The maximum atomic E-state index is 13.5. The summed E-state index contributed by atoms with van der Waals surface area (Å²) in [6.45, 7) is 0.450. The minimum atomic E-state index is -0.405. The molecule has 0 radical (unpaired) electrons. The van der Waals surface area contributed by atoms with E-state index in [1.165, 1.54) is 12.3 Å². The van der Waals surface area contributed by atoms with Crippen molar-refractivity contribution in [2.75, 3.05) is 5.32 Å². The minimum absolute atomic E-state index is 0.197. The number of nitrogens with zero attached hydrogens (tertiary/aromatic N) is 1. The molecule has 1 heterocycles. The summed E-state index contributed by atoms with van der Waals surface area (Å²) in [6.07, 6.45) is 1.54. The van der Waals surface area contributed by atoms with E-state index in [2.05, 4.69) is 26.2 Å². The third kappa shape index (κ3) is 3.01. The molecule has 88 valence electrons. The first-order valence-electron chi connectivity index (χ1n) is 5.06. The van der Waals surface area contributed by atoms with Crippen LogP contribution in [0.4, 0.5) is 15.9 Å². The predicted octanol–water partition coefficient (Wildman–Crippen LogP) is 3.19. The summed E-state index contributed by atoms with van der Waals surface area (Å²) in [7, 11) is 0. The fourth-order valence-electron chi connectivity index (χ4n) is 1.42. The van der Waals surface area contributed by atoms with Gasteiger partial charge in [-0.1, -0.05) is 12.1 Å². The van der Waals surface area contributed by atoms with Gasteiger partial charge in [-0.25, -0.2) is 9.37 Å². The van der Waals surface area contributed by atoms with Crippen LogP contribution in [0.1, 0.15) is 5.56 Å². The molecule has 0 aliphatic heterocycles. The van der Waals surface area contributed by atoms with Crippen molar-refractivity contribution in [1.82, 2.24) is 4.98 Å². The molecule has 0 aliphatic carbocycles. The summed E-state index contributed by atoms with van der Waals surface area (Å²) < 4.78 is 14.1. The molecule has 0 atom stereocenters. The van der Waals surface area contributed by atoms with Crippen LogP contribution in [-0.4, -0.2) is 4.98 Å². The standard InChI is InChI=1S/C12H11BrFN3/c13-9-5-11(14)12(16-7-9)17-10-3-1-2-8(4-10)6-15/h1-5,7H,6,15H2,(H,16,17). The first kappa shape index (κ1) is 12.0. The number of nitrogens with two attached hydrogens (primary N) is 1. The topological polar surface area (TPSA) is 50.9 Å². The summed E-state index contributed by atoms with van der Waals surface area (Å²) in [5.41, 5.74) is 7.28. The van der Waals surface area contributed by atoms with Crippen LogP contribution < -0.4 is 11.1 Å². The Morgan fingerprint density at radius 3 is 2.88 bits per heavy atom. The second kappa shape index (κ2) is 5.25. The second-order valence-electron chi connectivity index (χ2n) is 3.51. The molecule has 3 N–H and O–H groups in total. The fraction of sp³-hybridized carbons (Fsp3) is 0.0833. The van der Waals surface area contributed by atoms with E-state index in [1.807, 2.05) is 24.3 Å². The summed E-state index contributed by atoms with van der Waals surface area (Å²) in [5, 5.41) is 2.91. The molecule has 1 aromatic heterocycles. The monoisotopic (exact) mass is 295 g/mol. The Labute approximate surface area is 107 Å². The van der Waals surface area contributed by atoms with Crippen molar-refractivity contribution in [3.63, 3.8) is 0 Å². The van der Waals surface area contributed by atoms with Crippen molar-refractivity contribution in [1.29, 1.82) is 0 Å². The van der Waals surface area contributed by atoms with Gasteiger partial charge in [0.15, 0.2) is 11.6 Å². The van der Waals surface area contributed by atoms with E-state index in [0.29, 0.717) is 11.0 Å². The van der Waals surface area contributed by atoms with Crippen molar-refractivity contribution in [3.8, 4) is 0 Å². The van der Waals surface area contributed by atoms with Crippen LogP contribution >= 0.6 is 15.9 Å². The number of benzene rings is 1. The fourth-order valence-corrected chi connectivity index (χ4v) is 1.72. The highest BCUT2D eigenvalue weighted by molar-refractivity contribution is 9.10. The third-order valence-corrected chi connectivity index (χ3v) is 2.67. The maximum Gasteiger partial charge on any atom is 0.166 e. The lowest BCUT2D eigenvalue weighted by Crippen LogP contribution is -2.00. The Bertz CT molecular complexity index is 531. The number of hydrogen-bond donors (Lipinski definition) is 2. The molecular weight excluding hydrogens is 285 g/mol. The Kier molecular flexibility index (Phi) is 3.71. The highest BCUT2D eigenvalue weighted by atomic mass is 79.9. The van der Waals surface area contributed by atoms with Gasteiger partial charge in [-0.15, -0.1) is 0 Å². The van der Waals surface area contributed by atoms with Gasteiger partial charge in [-0.05, 0) is 39.7 Å². The van der Waals surface area contributed by atoms with Gasteiger partial charge < -0.3 is 11.1 Å². The summed E-state index contributed by atoms with van der Waals surface area (Å²) in [4.78, 5) is 3.96. The predicted molar refractivity (Wildman–Crippen MR) is 69.5 cm³/mol. The van der Waals surface area contributed by atoms with Gasteiger partial charge in [0.2, 0.25) is 0 Å². The van der Waals surface area contributed by atoms with Crippen molar-refractivity contribution >= 4 is 27.4 Å². The molecule has 2 aromatic rings. The van der Waals surface area contributed by atoms with Gasteiger partial charge in [-0.3, -0.25) is 0 Å². The van der Waals surface area contributed by atoms with Gasteiger partial charge >= 0.3 is 0 Å². The first-order chi connectivity index (χ1) is 8.19. The average molecular weight is 296 g/mol. The number of hydrogen-bond acceptors (Lipinski definition) is 3. The molecule has 0 spiro atoms. The number of anilines is 2. The molecule has 0 amide bonds. The van der Waals surface area contributed by atoms with Gasteiger partial charge in [0.25, 0.3) is 0 Å². The lowest BCUT2D eigenvalue weighted by Gasteiger charge is -2.07. The highest BCUT2D eigenvalue weighted by Gasteiger charge is 2.04. The van der Waals surface area contributed by atoms with Crippen molar-refractivity contribution in [2.24, 2.45) is 5.73 Å². The maximum absolute atomic E-state index is 13.5. The number of nitrogens with one attached hydrogen (secondary N) is 1. The summed E-state index contributed by atoms with van der Waals surface area (Å²) >= 11 is 3.16. The first-order valence-corrected chi connectivity index (χ1v) is 5.85. The number of halogens is 2. The number of pyridine rings is 1. The summed E-state index contributed by atoms with van der Waals surface area (Å²) in [5.74, 6) is -0.208. The van der Waals surface area contributed by atoms with Gasteiger partial charge in [0.1, 0.15) is 0 Å². The highest BCUT2D eigenvalue weighted by Crippen LogP contribution is 2.20. The molecule has 0 fully saturated rings. The molecule has 3 nitrogen and oxygen atoms in total. The molecule has 0 saturated carbocycles. The zero-order valence-corrected chi connectivity index (χ0v) is 10.5. The molecule has 17 heavy (non-hydrogen) atoms. The molecular formula is C12H11BrFN3. The molecule has 0 saturated heterocycles. The molecule has 0 bridgehead atoms. The smallest absolute Gasteiger partial charge is 0.166 e. The molecule has 0 unspecified atom stereocenters. The van der Waals surface area contributed by atoms with E-state index in [9.17, 15) is 4.39 Å². The lowest BCUT2D eigenvalue weighted by molar-refractivity contribution is 0.625. The van der Waals surface area contributed by atoms with Gasteiger partial charge in [0.05, 0.1) is 0 Å². The van der Waals surface area contributed by atoms with E-state index in [1.54, 1.807) is 0 Å². The van der Waals surface area contributed by atoms with Crippen LogP contribution in [0.2, 0.25) is 0 Å². The van der Waals surface area contributed by atoms with E-state index in [-0.39, 0.29) is 5.82 Å². The Morgan fingerprint density at radius 1 is 1.35 bits per heavy atom. The minimum Gasteiger partial charge on any atom is -0.338 e. The van der Waals surface area contributed by atoms with Crippen LogP contribution in [0, 0.1) is 5.82 Å². The molecule has 1 aromatic carbocycles.